The van der Waals surface area contributed by atoms with Gasteiger partial charge in [0.05, 0.1) is 11.7 Å². The number of likely N-dealkylation sites (N-methyl/N-ethyl adjacent to an activating group) is 1. The number of fused-ring (bicyclic) bond motifs is 3. The van der Waals surface area contributed by atoms with Crippen LogP contribution in [-0.4, -0.2) is 38.4 Å². The molecule has 1 unspecified atom stereocenters. The van der Waals surface area contributed by atoms with E-state index in [1.54, 1.807) is 0 Å². The zero-order chi connectivity index (χ0) is 18.5. The smallest absolute Gasteiger partial charge is 0.273 e. The molecule has 1 aliphatic rings. The summed E-state index contributed by atoms with van der Waals surface area (Å²) < 4.78 is 1.45. The summed E-state index contributed by atoms with van der Waals surface area (Å²) in [5.41, 5.74) is 4.07. The van der Waals surface area contributed by atoms with Crippen LogP contribution in [0.1, 0.15) is 22.9 Å². The Hall–Kier alpha value is -3.25. The lowest BCUT2D eigenvalue weighted by molar-refractivity contribution is 0.255. The van der Waals surface area contributed by atoms with E-state index in [1.165, 1.54) is 15.6 Å². The molecule has 0 spiro atoms. The summed E-state index contributed by atoms with van der Waals surface area (Å²) in [4.78, 5) is 18.4. The van der Waals surface area contributed by atoms with Crippen molar-refractivity contribution in [3.63, 3.8) is 0 Å². The Bertz CT molecular complexity index is 1190. The molecule has 3 heterocycles. The van der Waals surface area contributed by atoms with E-state index in [0.717, 1.165) is 24.2 Å². The van der Waals surface area contributed by atoms with Crippen molar-refractivity contribution in [2.75, 3.05) is 13.6 Å². The van der Waals surface area contributed by atoms with E-state index in [-0.39, 0.29) is 17.5 Å². The van der Waals surface area contributed by atoms with Gasteiger partial charge in [0, 0.05) is 23.1 Å². The molecule has 0 radical (unpaired) electrons. The fourth-order valence-electron chi connectivity index (χ4n) is 4.17. The number of benzene rings is 2. The van der Waals surface area contributed by atoms with Crippen molar-refractivity contribution < 1.29 is 5.11 Å². The van der Waals surface area contributed by atoms with Gasteiger partial charge in [-0.25, -0.2) is 4.68 Å². The summed E-state index contributed by atoms with van der Waals surface area (Å²) in [6.07, 6.45) is 0.907. The zero-order valence-corrected chi connectivity index (χ0v) is 14.9. The molecule has 1 atom stereocenters. The van der Waals surface area contributed by atoms with Crippen LogP contribution >= 0.6 is 0 Å². The fraction of sp³-hybridized carbons (Fsp3) is 0.190. The van der Waals surface area contributed by atoms with Crippen LogP contribution in [0.2, 0.25) is 0 Å². The van der Waals surface area contributed by atoms with Crippen molar-refractivity contribution in [3.05, 3.63) is 81.8 Å². The monoisotopic (exact) mass is 360 g/mol. The van der Waals surface area contributed by atoms with Gasteiger partial charge in [-0.2, -0.15) is 0 Å². The Kier molecular flexibility index (Phi) is 3.48. The first-order valence-electron chi connectivity index (χ1n) is 9.04. The van der Waals surface area contributed by atoms with E-state index in [0.29, 0.717) is 11.3 Å². The Morgan fingerprint density at radius 3 is 2.63 bits per heavy atom. The number of aromatic nitrogens is 3. The standard InChI is InChI=1S/C21H20N4O2/c1-24-12-11-15-14-9-5-6-10-16(14)22-18(15)19(24)17-20(26)23-25(21(17)27)13-7-3-2-4-8-13/h2-10,19,22,27H,11-12H2,1H3,(H,23,26). The molecule has 0 fully saturated rings. The minimum absolute atomic E-state index is 0.0467. The molecule has 0 amide bonds. The summed E-state index contributed by atoms with van der Waals surface area (Å²) in [5.74, 6) is -0.0467. The molecule has 6 heteroatoms. The maximum atomic E-state index is 12.8. The van der Waals surface area contributed by atoms with Crippen molar-refractivity contribution >= 4 is 10.9 Å². The maximum absolute atomic E-state index is 12.8. The van der Waals surface area contributed by atoms with Crippen molar-refractivity contribution in [2.24, 2.45) is 0 Å². The third-order valence-corrected chi connectivity index (χ3v) is 5.47. The normalized spacial score (nSPS) is 17.3. The minimum atomic E-state index is -0.324. The third kappa shape index (κ3) is 2.34. The van der Waals surface area contributed by atoms with Crippen LogP contribution in [0.15, 0.2) is 59.4 Å². The second-order valence-electron chi connectivity index (χ2n) is 7.05. The summed E-state index contributed by atoms with van der Waals surface area (Å²) in [5, 5.41) is 14.9. The van der Waals surface area contributed by atoms with Crippen molar-refractivity contribution in [3.8, 4) is 11.6 Å². The van der Waals surface area contributed by atoms with Gasteiger partial charge in [-0.1, -0.05) is 36.4 Å². The van der Waals surface area contributed by atoms with Crippen molar-refractivity contribution in [1.29, 1.82) is 0 Å². The Morgan fingerprint density at radius 2 is 1.81 bits per heavy atom. The lowest BCUT2D eigenvalue weighted by Gasteiger charge is -2.31. The number of rotatable bonds is 2. The number of nitrogens with one attached hydrogen (secondary N) is 2. The van der Waals surface area contributed by atoms with Crippen LogP contribution in [0.25, 0.3) is 16.6 Å². The predicted molar refractivity (Wildman–Crippen MR) is 105 cm³/mol. The van der Waals surface area contributed by atoms with Gasteiger partial charge in [-0.05, 0) is 37.2 Å². The van der Waals surface area contributed by atoms with Gasteiger partial charge in [0.2, 0.25) is 5.88 Å². The van der Waals surface area contributed by atoms with Crippen LogP contribution in [0.5, 0.6) is 5.88 Å². The van der Waals surface area contributed by atoms with Gasteiger partial charge in [0.25, 0.3) is 5.56 Å². The van der Waals surface area contributed by atoms with Gasteiger partial charge in [-0.15, -0.1) is 0 Å². The number of hydrogen-bond donors (Lipinski definition) is 3. The molecule has 2 aromatic heterocycles. The zero-order valence-electron chi connectivity index (χ0n) is 14.9. The molecule has 3 N–H and O–H groups in total. The van der Waals surface area contributed by atoms with Gasteiger partial charge >= 0.3 is 0 Å². The summed E-state index contributed by atoms with van der Waals surface area (Å²) in [6.45, 7) is 0.814. The number of hydrogen-bond acceptors (Lipinski definition) is 3. The first-order chi connectivity index (χ1) is 13.1. The first-order valence-corrected chi connectivity index (χ1v) is 9.04. The van der Waals surface area contributed by atoms with Crippen LogP contribution in [0.3, 0.4) is 0 Å². The molecule has 1 aliphatic heterocycles. The molecule has 0 aliphatic carbocycles. The van der Waals surface area contributed by atoms with Gasteiger partial charge in [0.15, 0.2) is 0 Å². The van der Waals surface area contributed by atoms with E-state index >= 15 is 0 Å². The molecule has 27 heavy (non-hydrogen) atoms. The lowest BCUT2D eigenvalue weighted by Crippen LogP contribution is -2.35. The van der Waals surface area contributed by atoms with Gasteiger partial charge in [-0.3, -0.25) is 14.8 Å². The topological polar surface area (TPSA) is 77.1 Å². The van der Waals surface area contributed by atoms with E-state index in [4.69, 9.17) is 0 Å². The fourth-order valence-corrected chi connectivity index (χ4v) is 4.17. The highest BCUT2D eigenvalue weighted by Crippen LogP contribution is 2.39. The second kappa shape index (κ2) is 5.89. The largest absolute Gasteiger partial charge is 0.493 e. The number of H-pyrrole nitrogens is 2. The molecule has 0 bridgehead atoms. The Labute approximate surface area is 155 Å². The Balaban J connectivity index is 1.72. The second-order valence-corrected chi connectivity index (χ2v) is 7.05. The number of aromatic hydroxyl groups is 1. The third-order valence-electron chi connectivity index (χ3n) is 5.47. The summed E-state index contributed by atoms with van der Waals surface area (Å²) in [7, 11) is 1.98. The lowest BCUT2D eigenvalue weighted by atomic mass is 9.94. The van der Waals surface area contributed by atoms with Gasteiger partial charge in [0.1, 0.15) is 5.56 Å². The molecular weight excluding hydrogens is 340 g/mol. The van der Waals surface area contributed by atoms with Crippen molar-refractivity contribution in [1.82, 2.24) is 19.7 Å². The van der Waals surface area contributed by atoms with E-state index in [1.807, 2.05) is 55.6 Å². The molecule has 5 rings (SSSR count). The van der Waals surface area contributed by atoms with Crippen LogP contribution in [0, 0.1) is 0 Å². The number of para-hydroxylation sites is 2. The van der Waals surface area contributed by atoms with Crippen LogP contribution in [-0.2, 0) is 6.42 Å². The quantitative estimate of drug-likeness (QED) is 0.514. The molecular formula is C21H20N4O2. The highest BCUT2D eigenvalue weighted by Gasteiger charge is 2.35. The van der Waals surface area contributed by atoms with Crippen LogP contribution < -0.4 is 5.56 Å². The average Bonchev–Trinajstić information content (AvgIpc) is 3.20. The number of nitrogens with zero attached hydrogens (tertiary/aromatic N) is 2. The summed E-state index contributed by atoms with van der Waals surface area (Å²) in [6, 6.07) is 17.2. The first kappa shape index (κ1) is 16.0. The highest BCUT2D eigenvalue weighted by atomic mass is 16.3. The molecule has 136 valence electrons. The van der Waals surface area contributed by atoms with Crippen molar-refractivity contribution in [2.45, 2.75) is 12.5 Å². The SMILES string of the molecule is CN1CCc2c([nH]c3ccccc23)C1c1c(O)n(-c2ccccc2)[nH]c1=O. The molecule has 4 aromatic rings. The highest BCUT2D eigenvalue weighted by molar-refractivity contribution is 5.85. The molecule has 0 saturated heterocycles. The molecule has 6 nitrogen and oxygen atoms in total. The number of aromatic amines is 2. The van der Waals surface area contributed by atoms with Gasteiger partial charge < -0.3 is 10.1 Å². The molecule has 0 saturated carbocycles. The Morgan fingerprint density at radius 1 is 1.07 bits per heavy atom. The van der Waals surface area contributed by atoms with E-state index in [2.05, 4.69) is 21.0 Å². The summed E-state index contributed by atoms with van der Waals surface area (Å²) >= 11 is 0. The molecule has 2 aromatic carbocycles. The van der Waals surface area contributed by atoms with E-state index < -0.39 is 0 Å². The average molecular weight is 360 g/mol. The maximum Gasteiger partial charge on any atom is 0.273 e. The minimum Gasteiger partial charge on any atom is -0.493 e. The van der Waals surface area contributed by atoms with E-state index in [9.17, 15) is 9.90 Å². The van der Waals surface area contributed by atoms with Crippen LogP contribution in [0.4, 0.5) is 0 Å². The predicted octanol–water partition coefficient (Wildman–Crippen LogP) is 2.93.